The molecule has 0 bridgehead atoms. The number of nitrogens with two attached hydrogens (primary N) is 3. The summed E-state index contributed by atoms with van der Waals surface area (Å²) < 4.78 is 0. The Hall–Kier alpha value is -2.42. The zero-order valence-electron chi connectivity index (χ0n) is 13.3. The Balaban J connectivity index is 0.000000277. The average molecular weight is 336 g/mol. The van der Waals surface area contributed by atoms with Gasteiger partial charge in [-0.1, -0.05) is 18.2 Å². The number of aromatic nitrogens is 1. The molecule has 0 radical (unpaired) electrons. The zero-order valence-corrected chi connectivity index (χ0v) is 13.3. The van der Waals surface area contributed by atoms with Gasteiger partial charge in [0.1, 0.15) is 12.1 Å². The van der Waals surface area contributed by atoms with Crippen LogP contribution < -0.4 is 17.2 Å². The lowest BCUT2D eigenvalue weighted by molar-refractivity contribution is -0.139. The van der Waals surface area contributed by atoms with E-state index in [1.807, 2.05) is 30.5 Å². The molecule has 24 heavy (non-hydrogen) atoms. The van der Waals surface area contributed by atoms with Gasteiger partial charge in [0.25, 0.3) is 0 Å². The number of fused-ring (bicyclic) bond motifs is 1. The SMILES string of the molecule is NCCC[C@H](N)C(=O)O.N[C@@H](Cc1c[nH]c2ccccc12)C(=O)O. The van der Waals surface area contributed by atoms with Crippen LogP contribution in [-0.4, -0.2) is 45.8 Å². The van der Waals surface area contributed by atoms with E-state index in [0.717, 1.165) is 16.5 Å². The van der Waals surface area contributed by atoms with Gasteiger partial charge in [-0.05, 0) is 31.0 Å². The van der Waals surface area contributed by atoms with Crippen LogP contribution >= 0.6 is 0 Å². The second-order valence-corrected chi connectivity index (χ2v) is 5.38. The predicted octanol–water partition coefficient (Wildman–Crippen LogP) is 0.260. The van der Waals surface area contributed by atoms with Crippen LogP contribution in [0.3, 0.4) is 0 Å². The van der Waals surface area contributed by atoms with Crippen LogP contribution in [0, 0.1) is 0 Å². The maximum Gasteiger partial charge on any atom is 0.320 e. The van der Waals surface area contributed by atoms with E-state index in [2.05, 4.69) is 4.98 Å². The number of benzene rings is 1. The maximum absolute atomic E-state index is 10.6. The minimum absolute atomic E-state index is 0.347. The molecule has 1 heterocycles. The Morgan fingerprint density at radius 1 is 1.08 bits per heavy atom. The number of carboxylic acids is 2. The maximum atomic E-state index is 10.6. The van der Waals surface area contributed by atoms with Crippen molar-refractivity contribution in [3.63, 3.8) is 0 Å². The van der Waals surface area contributed by atoms with E-state index in [4.69, 9.17) is 27.4 Å². The number of rotatable bonds is 7. The van der Waals surface area contributed by atoms with Gasteiger partial charge in [0.2, 0.25) is 0 Å². The van der Waals surface area contributed by atoms with Crippen LogP contribution in [-0.2, 0) is 16.0 Å². The van der Waals surface area contributed by atoms with Crippen LogP contribution in [0.5, 0.6) is 0 Å². The number of aromatic amines is 1. The van der Waals surface area contributed by atoms with Gasteiger partial charge in [0, 0.05) is 23.5 Å². The predicted molar refractivity (Wildman–Crippen MR) is 91.5 cm³/mol. The fraction of sp³-hybridized carbons (Fsp3) is 0.375. The number of nitrogens with one attached hydrogen (secondary N) is 1. The van der Waals surface area contributed by atoms with Gasteiger partial charge < -0.3 is 32.4 Å². The smallest absolute Gasteiger partial charge is 0.320 e. The first kappa shape index (κ1) is 19.6. The van der Waals surface area contributed by atoms with E-state index in [9.17, 15) is 9.59 Å². The topological polar surface area (TPSA) is 168 Å². The number of carboxylic acid groups (broad SMARTS) is 2. The van der Waals surface area contributed by atoms with Gasteiger partial charge >= 0.3 is 11.9 Å². The highest BCUT2D eigenvalue weighted by Gasteiger charge is 2.14. The number of para-hydroxylation sites is 1. The molecule has 0 amide bonds. The minimum atomic E-state index is -0.972. The van der Waals surface area contributed by atoms with Crippen molar-refractivity contribution in [1.29, 1.82) is 0 Å². The standard InChI is InChI=1S/C11H12N2O2.C5H12N2O2/c12-9(11(14)15)5-7-6-13-10-4-2-1-3-8(7)10;6-3-1-2-4(7)5(8)9/h1-4,6,9,13H,5,12H2,(H,14,15);4H,1-3,6-7H2,(H,8,9)/t9-;4-/m00/s1. The molecule has 0 fully saturated rings. The summed E-state index contributed by atoms with van der Waals surface area (Å²) in [4.78, 5) is 23.7. The Morgan fingerprint density at radius 2 is 1.71 bits per heavy atom. The molecule has 0 aliphatic heterocycles. The Kier molecular flexibility index (Phi) is 7.90. The molecule has 0 aliphatic carbocycles. The number of hydrogen-bond donors (Lipinski definition) is 6. The lowest BCUT2D eigenvalue weighted by Gasteiger charge is -2.04. The quantitative estimate of drug-likeness (QED) is 0.421. The van der Waals surface area contributed by atoms with Crippen molar-refractivity contribution in [2.45, 2.75) is 31.3 Å². The lowest BCUT2D eigenvalue weighted by atomic mass is 10.1. The molecule has 0 saturated carbocycles. The highest BCUT2D eigenvalue weighted by Crippen LogP contribution is 2.18. The van der Waals surface area contributed by atoms with Gasteiger partial charge in [0.05, 0.1) is 0 Å². The van der Waals surface area contributed by atoms with Crippen molar-refractivity contribution in [2.24, 2.45) is 17.2 Å². The number of aliphatic carboxylic acids is 2. The van der Waals surface area contributed by atoms with Crippen molar-refractivity contribution in [3.8, 4) is 0 Å². The van der Waals surface area contributed by atoms with Crippen molar-refractivity contribution in [3.05, 3.63) is 36.0 Å². The van der Waals surface area contributed by atoms with E-state index in [-0.39, 0.29) is 0 Å². The van der Waals surface area contributed by atoms with Crippen LogP contribution in [0.25, 0.3) is 10.9 Å². The summed E-state index contributed by atoms with van der Waals surface area (Å²) >= 11 is 0. The molecule has 0 aliphatic rings. The Bertz CT molecular complexity index is 671. The average Bonchev–Trinajstić information content (AvgIpc) is 2.96. The second kappa shape index (κ2) is 9.66. The van der Waals surface area contributed by atoms with Crippen molar-refractivity contribution in [1.82, 2.24) is 4.98 Å². The molecule has 8 heteroatoms. The van der Waals surface area contributed by atoms with Gasteiger partial charge in [-0.15, -0.1) is 0 Å². The zero-order chi connectivity index (χ0) is 18.1. The molecular formula is C16H24N4O4. The summed E-state index contributed by atoms with van der Waals surface area (Å²) in [5.41, 5.74) is 17.7. The molecule has 0 saturated heterocycles. The van der Waals surface area contributed by atoms with Crippen molar-refractivity contribution in [2.75, 3.05) is 6.54 Å². The van der Waals surface area contributed by atoms with Crippen LogP contribution in [0.1, 0.15) is 18.4 Å². The number of hydrogen-bond acceptors (Lipinski definition) is 5. The Morgan fingerprint density at radius 3 is 2.29 bits per heavy atom. The summed E-state index contributed by atoms with van der Waals surface area (Å²) in [6.45, 7) is 0.501. The molecule has 2 aromatic rings. The second-order valence-electron chi connectivity index (χ2n) is 5.38. The van der Waals surface area contributed by atoms with E-state index in [1.165, 1.54) is 0 Å². The molecule has 132 valence electrons. The summed E-state index contributed by atoms with van der Waals surface area (Å²) in [6, 6.07) is 6.17. The number of H-pyrrole nitrogens is 1. The van der Waals surface area contributed by atoms with Gasteiger partial charge in [-0.2, -0.15) is 0 Å². The molecule has 2 atom stereocenters. The Labute approximate surface area is 139 Å². The summed E-state index contributed by atoms with van der Waals surface area (Å²) in [7, 11) is 0. The summed E-state index contributed by atoms with van der Waals surface area (Å²) in [5.74, 6) is -1.93. The third-order valence-electron chi connectivity index (χ3n) is 3.47. The lowest BCUT2D eigenvalue weighted by Crippen LogP contribution is -2.32. The number of carbonyl (C=O) groups is 2. The van der Waals surface area contributed by atoms with Gasteiger partial charge in [-0.3, -0.25) is 9.59 Å². The molecule has 0 spiro atoms. The molecule has 2 rings (SSSR count). The van der Waals surface area contributed by atoms with Crippen LogP contribution in [0.2, 0.25) is 0 Å². The largest absolute Gasteiger partial charge is 0.480 e. The van der Waals surface area contributed by atoms with E-state index in [1.54, 1.807) is 0 Å². The van der Waals surface area contributed by atoms with E-state index < -0.39 is 24.0 Å². The molecule has 0 unspecified atom stereocenters. The summed E-state index contributed by atoms with van der Waals surface area (Å²) in [5, 5.41) is 18.0. The fourth-order valence-electron chi connectivity index (χ4n) is 2.09. The molecule has 8 nitrogen and oxygen atoms in total. The van der Waals surface area contributed by atoms with Crippen LogP contribution in [0.4, 0.5) is 0 Å². The normalized spacial score (nSPS) is 13.0. The monoisotopic (exact) mass is 336 g/mol. The highest BCUT2D eigenvalue weighted by atomic mass is 16.4. The first-order chi connectivity index (χ1) is 11.4. The third kappa shape index (κ3) is 5.99. The van der Waals surface area contributed by atoms with Crippen molar-refractivity contribution < 1.29 is 19.8 Å². The molecule has 1 aromatic heterocycles. The first-order valence-corrected chi connectivity index (χ1v) is 7.58. The van der Waals surface area contributed by atoms with Gasteiger partial charge in [-0.25, -0.2) is 0 Å². The molecule has 1 aromatic carbocycles. The van der Waals surface area contributed by atoms with Crippen molar-refractivity contribution >= 4 is 22.8 Å². The first-order valence-electron chi connectivity index (χ1n) is 7.58. The van der Waals surface area contributed by atoms with Gasteiger partial charge in [0.15, 0.2) is 0 Å². The third-order valence-corrected chi connectivity index (χ3v) is 3.47. The van der Waals surface area contributed by atoms with E-state index in [0.29, 0.717) is 25.8 Å². The molecule has 9 N–H and O–H groups in total. The molecular weight excluding hydrogens is 312 g/mol. The summed E-state index contributed by atoms with van der Waals surface area (Å²) in [6.07, 6.45) is 3.30. The van der Waals surface area contributed by atoms with E-state index >= 15 is 0 Å². The van der Waals surface area contributed by atoms with Crippen LogP contribution in [0.15, 0.2) is 30.5 Å². The highest BCUT2D eigenvalue weighted by molar-refractivity contribution is 5.84. The fourth-order valence-corrected chi connectivity index (χ4v) is 2.09. The minimum Gasteiger partial charge on any atom is -0.480 e.